The number of ether oxygens (including phenoxy) is 2. The third-order valence-electron chi connectivity index (χ3n) is 4.06. The molecule has 2 heterocycles. The van der Waals surface area contributed by atoms with E-state index >= 15 is 0 Å². The number of amides is 1. The van der Waals surface area contributed by atoms with Crippen LogP contribution in [0.15, 0.2) is 54.6 Å². The average Bonchev–Trinajstić information content (AvgIpc) is 3.13. The quantitative estimate of drug-likeness (QED) is 0.485. The number of nitrogens with one attached hydrogen (secondary N) is 1. The van der Waals surface area contributed by atoms with Gasteiger partial charge in [-0.25, -0.2) is 14.8 Å². The minimum atomic E-state index is -0.656. The number of thiazole rings is 1. The fourth-order valence-corrected chi connectivity index (χ4v) is 3.67. The molecule has 0 radical (unpaired) electrons. The fourth-order valence-electron chi connectivity index (χ4n) is 2.75. The summed E-state index contributed by atoms with van der Waals surface area (Å²) in [6.45, 7) is 2.07. The van der Waals surface area contributed by atoms with Gasteiger partial charge in [-0.3, -0.25) is 10.1 Å². The number of nitrogens with zero attached hydrogens (tertiary/aromatic N) is 2. The van der Waals surface area contributed by atoms with E-state index < -0.39 is 18.5 Å². The normalized spacial score (nSPS) is 10.8. The number of benzene rings is 2. The molecule has 0 aliphatic heterocycles. The largest absolute Gasteiger partial charge is 0.494 e. The fraction of sp³-hybridized carbons (Fsp3) is 0.143. The summed E-state index contributed by atoms with van der Waals surface area (Å²) in [4.78, 5) is 32.9. The smallest absolute Gasteiger partial charge is 0.357 e. The molecule has 29 heavy (non-hydrogen) atoms. The van der Waals surface area contributed by atoms with E-state index in [0.717, 1.165) is 21.4 Å². The Bertz CT molecular complexity index is 1200. The lowest BCUT2D eigenvalue weighted by molar-refractivity contribution is -0.119. The van der Waals surface area contributed by atoms with E-state index in [-0.39, 0.29) is 5.69 Å². The number of anilines is 1. The summed E-state index contributed by atoms with van der Waals surface area (Å²) in [7, 11) is 0. The zero-order chi connectivity index (χ0) is 20.2. The van der Waals surface area contributed by atoms with E-state index in [9.17, 15) is 9.59 Å². The number of carbonyl (C=O) groups is 2. The van der Waals surface area contributed by atoms with Crippen molar-refractivity contribution in [2.24, 2.45) is 0 Å². The molecule has 1 N–H and O–H groups in total. The molecule has 4 rings (SSSR count). The van der Waals surface area contributed by atoms with Crippen LogP contribution in [0.25, 0.3) is 21.1 Å². The lowest BCUT2D eigenvalue weighted by Gasteiger charge is -2.05. The number of fused-ring (bicyclic) bond motifs is 2. The Morgan fingerprint density at radius 3 is 2.76 bits per heavy atom. The van der Waals surface area contributed by atoms with Crippen LogP contribution in [0.3, 0.4) is 0 Å². The van der Waals surface area contributed by atoms with Crippen LogP contribution >= 0.6 is 11.3 Å². The topological polar surface area (TPSA) is 90.4 Å². The van der Waals surface area contributed by atoms with E-state index in [4.69, 9.17) is 9.47 Å². The molecule has 0 saturated carbocycles. The lowest BCUT2D eigenvalue weighted by atomic mass is 10.2. The zero-order valence-corrected chi connectivity index (χ0v) is 16.4. The first-order valence-electron chi connectivity index (χ1n) is 8.98. The van der Waals surface area contributed by atoms with E-state index in [0.29, 0.717) is 17.3 Å². The van der Waals surface area contributed by atoms with Gasteiger partial charge in [0.2, 0.25) is 0 Å². The molecule has 0 spiro atoms. The number of esters is 1. The molecule has 0 unspecified atom stereocenters. The zero-order valence-electron chi connectivity index (χ0n) is 15.5. The molecule has 7 nitrogen and oxygen atoms in total. The molecule has 0 aliphatic carbocycles. The van der Waals surface area contributed by atoms with Gasteiger partial charge >= 0.3 is 5.97 Å². The second-order valence-corrected chi connectivity index (χ2v) is 7.13. The number of aromatic nitrogens is 2. The molecule has 1 amide bonds. The summed E-state index contributed by atoms with van der Waals surface area (Å²) in [5.41, 5.74) is 1.60. The minimum absolute atomic E-state index is 0.153. The summed E-state index contributed by atoms with van der Waals surface area (Å²) in [6.07, 6.45) is 0. The standard InChI is InChI=1S/C21H17N3O4S/c1-2-27-14-8-10-16-18(11-14)29-21(23-16)24-19(25)12-28-20(26)17-9-7-13-5-3-4-6-15(13)22-17/h3-11H,2,12H2,1H3,(H,23,24,25). The average molecular weight is 407 g/mol. The first-order chi connectivity index (χ1) is 14.1. The van der Waals surface area contributed by atoms with Gasteiger partial charge in [-0.1, -0.05) is 35.6 Å². The van der Waals surface area contributed by atoms with Crippen molar-refractivity contribution in [2.75, 3.05) is 18.5 Å². The summed E-state index contributed by atoms with van der Waals surface area (Å²) in [5.74, 6) is -0.377. The van der Waals surface area contributed by atoms with Crippen LogP contribution in [-0.2, 0) is 9.53 Å². The van der Waals surface area contributed by atoms with Crippen molar-refractivity contribution in [1.82, 2.24) is 9.97 Å². The highest BCUT2D eigenvalue weighted by Gasteiger charge is 2.14. The Morgan fingerprint density at radius 1 is 1.03 bits per heavy atom. The summed E-state index contributed by atoms with van der Waals surface area (Å²) >= 11 is 1.32. The number of hydrogen-bond acceptors (Lipinski definition) is 7. The molecular weight excluding hydrogens is 390 g/mol. The van der Waals surface area contributed by atoms with Crippen molar-refractivity contribution in [1.29, 1.82) is 0 Å². The molecule has 0 bridgehead atoms. The van der Waals surface area contributed by atoms with Crippen LogP contribution < -0.4 is 10.1 Å². The van der Waals surface area contributed by atoms with Crippen molar-refractivity contribution in [3.05, 3.63) is 60.3 Å². The number of para-hydroxylation sites is 1. The summed E-state index contributed by atoms with van der Waals surface area (Å²) < 4.78 is 11.4. The molecule has 2 aromatic heterocycles. The molecule has 0 atom stereocenters. The highest BCUT2D eigenvalue weighted by Crippen LogP contribution is 2.29. The van der Waals surface area contributed by atoms with Crippen LogP contribution in [0.1, 0.15) is 17.4 Å². The summed E-state index contributed by atoms with van der Waals surface area (Å²) in [6, 6.07) is 16.3. The second-order valence-electron chi connectivity index (χ2n) is 6.10. The number of carbonyl (C=O) groups excluding carboxylic acids is 2. The van der Waals surface area contributed by atoms with Crippen molar-refractivity contribution in [2.45, 2.75) is 6.92 Å². The molecular formula is C21H17N3O4S. The highest BCUT2D eigenvalue weighted by molar-refractivity contribution is 7.22. The van der Waals surface area contributed by atoms with Crippen LogP contribution in [0.4, 0.5) is 5.13 Å². The maximum atomic E-state index is 12.2. The highest BCUT2D eigenvalue weighted by atomic mass is 32.1. The third kappa shape index (κ3) is 4.33. The third-order valence-corrected chi connectivity index (χ3v) is 4.99. The van der Waals surface area contributed by atoms with E-state index in [1.807, 2.05) is 49.4 Å². The molecule has 8 heteroatoms. The predicted octanol–water partition coefficient (Wildman–Crippen LogP) is 4.04. The predicted molar refractivity (Wildman–Crippen MR) is 111 cm³/mol. The van der Waals surface area contributed by atoms with Gasteiger partial charge in [0.05, 0.1) is 22.3 Å². The van der Waals surface area contributed by atoms with Crippen LogP contribution in [-0.4, -0.2) is 35.1 Å². The Hall–Kier alpha value is -3.52. The maximum Gasteiger partial charge on any atom is 0.357 e. The molecule has 0 saturated heterocycles. The van der Waals surface area contributed by atoms with Gasteiger partial charge in [-0.15, -0.1) is 0 Å². The van der Waals surface area contributed by atoms with Gasteiger partial charge in [-0.05, 0) is 37.3 Å². The molecule has 2 aromatic carbocycles. The number of rotatable bonds is 6. The van der Waals surface area contributed by atoms with Crippen molar-refractivity contribution in [3.8, 4) is 5.75 Å². The second kappa shape index (κ2) is 8.24. The Kier molecular flexibility index (Phi) is 5.35. The van der Waals surface area contributed by atoms with Gasteiger partial charge in [-0.2, -0.15) is 0 Å². The Morgan fingerprint density at radius 2 is 1.90 bits per heavy atom. The Balaban J connectivity index is 1.37. The number of pyridine rings is 1. The van der Waals surface area contributed by atoms with E-state index in [1.54, 1.807) is 12.1 Å². The minimum Gasteiger partial charge on any atom is -0.494 e. The van der Waals surface area contributed by atoms with Gasteiger partial charge in [0, 0.05) is 5.39 Å². The van der Waals surface area contributed by atoms with Crippen LogP contribution in [0, 0.1) is 0 Å². The van der Waals surface area contributed by atoms with Crippen LogP contribution in [0.5, 0.6) is 5.75 Å². The van der Waals surface area contributed by atoms with Crippen molar-refractivity contribution >= 4 is 49.5 Å². The molecule has 4 aromatic rings. The number of hydrogen-bond donors (Lipinski definition) is 1. The molecule has 0 aliphatic rings. The van der Waals surface area contributed by atoms with Crippen molar-refractivity contribution < 1.29 is 19.1 Å². The summed E-state index contributed by atoms with van der Waals surface area (Å²) in [5, 5.41) is 4.00. The van der Waals surface area contributed by atoms with Gasteiger partial charge in [0.25, 0.3) is 5.91 Å². The van der Waals surface area contributed by atoms with E-state index in [2.05, 4.69) is 15.3 Å². The van der Waals surface area contributed by atoms with Gasteiger partial charge < -0.3 is 9.47 Å². The molecule has 0 fully saturated rings. The Labute approximate surface area is 170 Å². The van der Waals surface area contributed by atoms with Gasteiger partial charge in [0.1, 0.15) is 11.4 Å². The SMILES string of the molecule is CCOc1ccc2nc(NC(=O)COC(=O)c3ccc4ccccc4n3)sc2c1. The first kappa shape index (κ1) is 18.8. The first-order valence-corrected chi connectivity index (χ1v) is 9.80. The maximum absolute atomic E-state index is 12.2. The van der Waals surface area contributed by atoms with Gasteiger partial charge in [0.15, 0.2) is 11.7 Å². The van der Waals surface area contributed by atoms with E-state index in [1.165, 1.54) is 11.3 Å². The molecule has 146 valence electrons. The van der Waals surface area contributed by atoms with Crippen LogP contribution in [0.2, 0.25) is 0 Å². The lowest BCUT2D eigenvalue weighted by Crippen LogP contribution is -2.21. The van der Waals surface area contributed by atoms with Crippen molar-refractivity contribution in [3.63, 3.8) is 0 Å². The monoisotopic (exact) mass is 407 g/mol.